The van der Waals surface area contributed by atoms with Gasteiger partial charge in [-0.15, -0.1) is 11.3 Å². The van der Waals surface area contributed by atoms with Crippen LogP contribution in [0.25, 0.3) is 0 Å². The van der Waals surface area contributed by atoms with Gasteiger partial charge in [0, 0.05) is 30.2 Å². The Hall–Kier alpha value is -2.39. The zero-order valence-corrected chi connectivity index (χ0v) is 11.8. The maximum atomic E-state index is 10.9. The van der Waals surface area contributed by atoms with E-state index in [1.54, 1.807) is 17.4 Å². The molecule has 1 aromatic heterocycles. The first-order valence-electron chi connectivity index (χ1n) is 6.04. The lowest BCUT2D eigenvalue weighted by Gasteiger charge is -2.18. The van der Waals surface area contributed by atoms with Gasteiger partial charge in [-0.05, 0) is 30.0 Å². The third kappa shape index (κ3) is 3.13. The van der Waals surface area contributed by atoms with Crippen LogP contribution in [0.4, 0.5) is 11.4 Å². The number of likely N-dealkylation sites (N-methyl/N-ethyl adjacent to an activating group) is 1. The number of nitrogens with zero attached hydrogens (tertiary/aromatic N) is 3. The molecule has 6 heteroatoms. The van der Waals surface area contributed by atoms with Crippen molar-refractivity contribution in [1.29, 1.82) is 5.26 Å². The van der Waals surface area contributed by atoms with Crippen LogP contribution in [-0.4, -0.2) is 18.5 Å². The number of hydrogen-bond acceptors (Lipinski definition) is 5. The van der Waals surface area contributed by atoms with Crippen LogP contribution in [0.1, 0.15) is 10.4 Å². The minimum absolute atomic E-state index is 0.0883. The van der Waals surface area contributed by atoms with Gasteiger partial charge in [-0.1, -0.05) is 6.07 Å². The Kier molecular flexibility index (Phi) is 4.33. The van der Waals surface area contributed by atoms with Gasteiger partial charge in [0.15, 0.2) is 0 Å². The molecular formula is C14H13N3O2S. The van der Waals surface area contributed by atoms with E-state index in [0.717, 1.165) is 18.7 Å². The van der Waals surface area contributed by atoms with Gasteiger partial charge in [0.1, 0.15) is 11.6 Å². The molecule has 1 heterocycles. The van der Waals surface area contributed by atoms with E-state index in [1.807, 2.05) is 29.5 Å². The summed E-state index contributed by atoms with van der Waals surface area (Å²) in [7, 11) is 1.89. The first-order valence-corrected chi connectivity index (χ1v) is 6.92. The minimum Gasteiger partial charge on any atom is -0.374 e. The zero-order chi connectivity index (χ0) is 14.5. The van der Waals surface area contributed by atoms with E-state index in [2.05, 4.69) is 6.07 Å². The summed E-state index contributed by atoms with van der Waals surface area (Å²) in [5.41, 5.74) is 0.686. The molecule has 0 aliphatic rings. The number of hydrogen-bond donors (Lipinski definition) is 0. The smallest absolute Gasteiger partial charge is 0.289 e. The molecule has 0 radical (unpaired) electrons. The number of nitriles is 1. The quantitative estimate of drug-likeness (QED) is 0.625. The van der Waals surface area contributed by atoms with Crippen molar-refractivity contribution in [2.75, 3.05) is 18.5 Å². The third-order valence-corrected chi connectivity index (χ3v) is 3.95. The average molecular weight is 287 g/mol. The Labute approximate surface area is 120 Å². The molecule has 2 aromatic rings. The first kappa shape index (κ1) is 14.0. The summed E-state index contributed by atoms with van der Waals surface area (Å²) in [6.07, 6.45) is 0.891. The van der Waals surface area contributed by atoms with Crippen LogP contribution in [0.15, 0.2) is 35.7 Å². The molecule has 0 amide bonds. The molecule has 0 aliphatic carbocycles. The van der Waals surface area contributed by atoms with E-state index in [0.29, 0.717) is 0 Å². The summed E-state index contributed by atoms with van der Waals surface area (Å²) < 4.78 is 0. The van der Waals surface area contributed by atoms with Gasteiger partial charge in [-0.25, -0.2) is 0 Å². The highest BCUT2D eigenvalue weighted by atomic mass is 32.1. The molecule has 20 heavy (non-hydrogen) atoms. The van der Waals surface area contributed by atoms with Crippen LogP contribution in [0.2, 0.25) is 0 Å². The second-order valence-electron chi connectivity index (χ2n) is 4.32. The number of thiophene rings is 1. The van der Waals surface area contributed by atoms with Gasteiger partial charge >= 0.3 is 0 Å². The van der Waals surface area contributed by atoms with E-state index in [1.165, 1.54) is 17.0 Å². The summed E-state index contributed by atoms with van der Waals surface area (Å²) in [6, 6.07) is 10.6. The zero-order valence-electron chi connectivity index (χ0n) is 10.9. The monoisotopic (exact) mass is 287 g/mol. The second kappa shape index (κ2) is 6.17. The van der Waals surface area contributed by atoms with Gasteiger partial charge in [-0.3, -0.25) is 10.1 Å². The number of anilines is 1. The minimum atomic E-state index is -0.519. The van der Waals surface area contributed by atoms with Crippen LogP contribution >= 0.6 is 11.3 Å². The molecule has 5 nitrogen and oxygen atoms in total. The standard InChI is InChI=1S/C14H13N3O2S/c1-16(7-6-13-3-2-8-20-13)12-5-4-11(10-15)14(9-12)17(18)19/h2-5,8-9H,6-7H2,1H3. The molecule has 0 fully saturated rings. The molecule has 0 saturated carbocycles. The topological polar surface area (TPSA) is 70.2 Å². The Balaban J connectivity index is 2.14. The van der Waals surface area contributed by atoms with Crippen LogP contribution in [0.3, 0.4) is 0 Å². The van der Waals surface area contributed by atoms with Gasteiger partial charge in [0.05, 0.1) is 4.92 Å². The fourth-order valence-corrected chi connectivity index (χ4v) is 2.56. The van der Waals surface area contributed by atoms with Crippen molar-refractivity contribution in [3.63, 3.8) is 0 Å². The highest BCUT2D eigenvalue weighted by Crippen LogP contribution is 2.24. The maximum absolute atomic E-state index is 10.9. The number of rotatable bonds is 5. The molecule has 2 rings (SSSR count). The summed E-state index contributed by atoms with van der Waals surface area (Å²) in [6.45, 7) is 0.767. The molecule has 0 atom stereocenters. The molecule has 0 saturated heterocycles. The van der Waals surface area contributed by atoms with Gasteiger partial charge in [0.25, 0.3) is 5.69 Å². The molecule has 0 aliphatic heterocycles. The summed E-state index contributed by atoms with van der Waals surface area (Å²) >= 11 is 1.70. The van der Waals surface area contributed by atoms with E-state index >= 15 is 0 Å². The lowest BCUT2D eigenvalue weighted by Crippen LogP contribution is -2.20. The van der Waals surface area contributed by atoms with Crippen LogP contribution in [0, 0.1) is 21.4 Å². The largest absolute Gasteiger partial charge is 0.374 e. The highest BCUT2D eigenvalue weighted by Gasteiger charge is 2.15. The molecule has 0 spiro atoms. The lowest BCUT2D eigenvalue weighted by molar-refractivity contribution is -0.385. The predicted molar refractivity (Wildman–Crippen MR) is 79.1 cm³/mol. The second-order valence-corrected chi connectivity index (χ2v) is 5.35. The van der Waals surface area contributed by atoms with Crippen molar-refractivity contribution in [3.05, 3.63) is 56.3 Å². The molecular weight excluding hydrogens is 274 g/mol. The van der Waals surface area contributed by atoms with Crippen LogP contribution in [-0.2, 0) is 6.42 Å². The Morgan fingerprint density at radius 3 is 2.85 bits per heavy atom. The van der Waals surface area contributed by atoms with Gasteiger partial charge < -0.3 is 4.90 Å². The Morgan fingerprint density at radius 1 is 1.45 bits per heavy atom. The van der Waals surface area contributed by atoms with Gasteiger partial charge in [0.2, 0.25) is 0 Å². The number of nitro groups is 1. The lowest BCUT2D eigenvalue weighted by atomic mass is 10.1. The third-order valence-electron chi connectivity index (χ3n) is 3.01. The van der Waals surface area contributed by atoms with Crippen molar-refractivity contribution in [2.24, 2.45) is 0 Å². The average Bonchev–Trinajstić information content (AvgIpc) is 2.97. The van der Waals surface area contributed by atoms with Crippen molar-refractivity contribution in [1.82, 2.24) is 0 Å². The highest BCUT2D eigenvalue weighted by molar-refractivity contribution is 7.09. The van der Waals surface area contributed by atoms with Crippen molar-refractivity contribution in [2.45, 2.75) is 6.42 Å². The van der Waals surface area contributed by atoms with E-state index in [-0.39, 0.29) is 11.3 Å². The maximum Gasteiger partial charge on any atom is 0.289 e. The number of benzene rings is 1. The summed E-state index contributed by atoms with van der Waals surface area (Å²) in [5.74, 6) is 0. The first-order chi connectivity index (χ1) is 9.61. The van der Waals surface area contributed by atoms with Crippen molar-refractivity contribution in [3.8, 4) is 6.07 Å². The normalized spacial score (nSPS) is 10.0. The van der Waals surface area contributed by atoms with Gasteiger partial charge in [-0.2, -0.15) is 5.26 Å². The molecule has 0 bridgehead atoms. The summed E-state index contributed by atoms with van der Waals surface area (Å²) in [4.78, 5) is 13.6. The molecule has 1 aromatic carbocycles. The van der Waals surface area contributed by atoms with Crippen LogP contribution < -0.4 is 4.90 Å². The fourth-order valence-electron chi connectivity index (χ4n) is 1.86. The Morgan fingerprint density at radius 2 is 2.25 bits per heavy atom. The molecule has 0 N–H and O–H groups in total. The van der Waals surface area contributed by atoms with E-state index in [9.17, 15) is 10.1 Å². The van der Waals surface area contributed by atoms with Crippen LogP contribution in [0.5, 0.6) is 0 Å². The van der Waals surface area contributed by atoms with E-state index in [4.69, 9.17) is 5.26 Å². The molecule has 102 valence electrons. The Bertz CT molecular complexity index is 647. The van der Waals surface area contributed by atoms with Crippen molar-refractivity contribution < 1.29 is 4.92 Å². The molecule has 0 unspecified atom stereocenters. The predicted octanol–water partition coefficient (Wildman–Crippen LogP) is 3.21. The van der Waals surface area contributed by atoms with E-state index < -0.39 is 4.92 Å². The summed E-state index contributed by atoms with van der Waals surface area (Å²) in [5, 5.41) is 21.8. The van der Waals surface area contributed by atoms with Crippen molar-refractivity contribution >= 4 is 22.7 Å². The SMILES string of the molecule is CN(CCc1cccs1)c1ccc(C#N)c([N+](=O)[O-])c1. The fraction of sp³-hybridized carbons (Fsp3) is 0.214. The number of nitro benzene ring substituents is 1.